The molecule has 0 fully saturated rings. The van der Waals surface area contributed by atoms with Gasteiger partial charge in [-0.2, -0.15) is 5.10 Å². The largest absolute Gasteiger partial charge is 0.368 e. The molecule has 1 aromatic carbocycles. The third-order valence-corrected chi connectivity index (χ3v) is 4.28. The molecule has 0 saturated heterocycles. The Morgan fingerprint density at radius 1 is 1.11 bits per heavy atom. The maximum Gasteiger partial charge on any atom is 0.315 e. The molecule has 3 rings (SSSR count). The first-order chi connectivity index (χ1) is 13.4. The van der Waals surface area contributed by atoms with E-state index in [1.54, 1.807) is 0 Å². The van der Waals surface area contributed by atoms with Gasteiger partial charge in [-0.25, -0.2) is 19.4 Å². The Bertz CT molecular complexity index is 994. The second-order valence-electron chi connectivity index (χ2n) is 7.08. The fourth-order valence-electron chi connectivity index (χ4n) is 3.06. The molecule has 0 spiro atoms. The number of anilines is 1. The highest BCUT2D eigenvalue weighted by atomic mass is 16.2. The molecule has 8 nitrogen and oxygen atoms in total. The highest BCUT2D eigenvalue weighted by Gasteiger charge is 2.17. The maximum atomic E-state index is 11.7. The number of urea groups is 1. The zero-order valence-electron chi connectivity index (χ0n) is 17.0. The average Bonchev–Trinajstić information content (AvgIpc) is 2.94. The second-order valence-corrected chi connectivity index (χ2v) is 7.08. The fraction of sp³-hybridized carbons (Fsp3) is 0.400. The van der Waals surface area contributed by atoms with Crippen LogP contribution in [0.1, 0.15) is 30.9 Å². The summed E-state index contributed by atoms with van der Waals surface area (Å²) < 4.78 is 1.87. The summed E-state index contributed by atoms with van der Waals surface area (Å²) in [5, 5.41) is 14.5. The van der Waals surface area contributed by atoms with Crippen molar-refractivity contribution in [1.29, 1.82) is 0 Å². The molecule has 148 valence electrons. The van der Waals surface area contributed by atoms with E-state index < -0.39 is 0 Å². The zero-order valence-corrected chi connectivity index (χ0v) is 17.0. The van der Waals surface area contributed by atoms with E-state index in [9.17, 15) is 4.79 Å². The number of hydrogen-bond acceptors (Lipinski definition) is 5. The van der Waals surface area contributed by atoms with E-state index >= 15 is 0 Å². The van der Waals surface area contributed by atoms with Gasteiger partial charge < -0.3 is 16.0 Å². The van der Waals surface area contributed by atoms with E-state index in [0.29, 0.717) is 18.9 Å². The topological polar surface area (TPSA) is 96.8 Å². The minimum absolute atomic E-state index is 0.104. The SMILES string of the molecule is Cc1nc(NCCNC(=O)NC(C)C)c2c(C)nn(-c3ccccc3C)c2n1. The molecule has 2 amide bonds. The molecule has 0 unspecified atom stereocenters. The molecular weight excluding hydrogens is 354 g/mol. The summed E-state index contributed by atoms with van der Waals surface area (Å²) in [7, 11) is 0. The smallest absolute Gasteiger partial charge is 0.315 e. The zero-order chi connectivity index (χ0) is 20.3. The lowest BCUT2D eigenvalue weighted by Crippen LogP contribution is -2.41. The number of para-hydroxylation sites is 1. The van der Waals surface area contributed by atoms with Crippen LogP contribution in [0.3, 0.4) is 0 Å². The summed E-state index contributed by atoms with van der Waals surface area (Å²) in [6.45, 7) is 10.7. The molecule has 2 heterocycles. The van der Waals surface area contributed by atoms with Gasteiger partial charge in [0.1, 0.15) is 11.6 Å². The number of amides is 2. The van der Waals surface area contributed by atoms with Gasteiger partial charge in [0.2, 0.25) is 0 Å². The van der Waals surface area contributed by atoms with Gasteiger partial charge in [0, 0.05) is 19.1 Å². The van der Waals surface area contributed by atoms with Crippen molar-refractivity contribution in [2.45, 2.75) is 40.7 Å². The Labute approximate surface area is 164 Å². The number of carbonyl (C=O) groups excluding carboxylic acids is 1. The van der Waals surface area contributed by atoms with Crippen LogP contribution in [0, 0.1) is 20.8 Å². The summed E-state index contributed by atoms with van der Waals surface area (Å²) >= 11 is 0. The van der Waals surface area contributed by atoms with Crippen LogP contribution in [-0.2, 0) is 0 Å². The van der Waals surface area contributed by atoms with E-state index in [2.05, 4.69) is 38.9 Å². The van der Waals surface area contributed by atoms with Crippen molar-refractivity contribution in [3.05, 3.63) is 41.3 Å². The van der Waals surface area contributed by atoms with Crippen molar-refractivity contribution >= 4 is 22.9 Å². The highest BCUT2D eigenvalue weighted by molar-refractivity contribution is 5.90. The van der Waals surface area contributed by atoms with Crippen LogP contribution in [0.25, 0.3) is 16.7 Å². The van der Waals surface area contributed by atoms with Crippen LogP contribution < -0.4 is 16.0 Å². The number of nitrogens with zero attached hydrogens (tertiary/aromatic N) is 4. The molecule has 8 heteroatoms. The minimum Gasteiger partial charge on any atom is -0.368 e. The summed E-state index contributed by atoms with van der Waals surface area (Å²) in [4.78, 5) is 20.9. The number of nitrogens with one attached hydrogen (secondary N) is 3. The molecule has 0 radical (unpaired) electrons. The molecule has 3 aromatic rings. The molecule has 28 heavy (non-hydrogen) atoms. The van der Waals surface area contributed by atoms with Crippen LogP contribution in [-0.4, -0.2) is 44.9 Å². The predicted molar refractivity (Wildman–Crippen MR) is 111 cm³/mol. The number of benzene rings is 1. The third kappa shape index (κ3) is 4.21. The van der Waals surface area contributed by atoms with Crippen molar-refractivity contribution in [2.24, 2.45) is 0 Å². The van der Waals surface area contributed by atoms with Crippen molar-refractivity contribution in [3.8, 4) is 5.69 Å². The van der Waals surface area contributed by atoms with Crippen LogP contribution in [0.4, 0.5) is 10.6 Å². The van der Waals surface area contributed by atoms with Crippen molar-refractivity contribution in [1.82, 2.24) is 30.4 Å². The van der Waals surface area contributed by atoms with Crippen molar-refractivity contribution in [3.63, 3.8) is 0 Å². The first kappa shape index (κ1) is 19.6. The molecule has 0 aliphatic carbocycles. The highest BCUT2D eigenvalue weighted by Crippen LogP contribution is 2.27. The van der Waals surface area contributed by atoms with Gasteiger partial charge in [-0.1, -0.05) is 18.2 Å². The van der Waals surface area contributed by atoms with Gasteiger partial charge in [-0.3, -0.25) is 0 Å². The standard InChI is InChI=1S/C20H27N7O/c1-12(2)23-20(28)22-11-10-21-18-17-14(4)26-27(19(17)25-15(5)24-18)16-9-7-6-8-13(16)3/h6-9,12H,10-11H2,1-5H3,(H,21,24,25)(H2,22,23,28). The predicted octanol–water partition coefficient (Wildman–Crippen LogP) is 2.86. The second kappa shape index (κ2) is 8.24. The summed E-state index contributed by atoms with van der Waals surface area (Å²) in [6, 6.07) is 8.01. The first-order valence-electron chi connectivity index (χ1n) is 9.45. The molecule has 2 aromatic heterocycles. The van der Waals surface area contributed by atoms with E-state index in [4.69, 9.17) is 5.10 Å². The first-order valence-corrected chi connectivity index (χ1v) is 9.45. The Balaban J connectivity index is 1.84. The molecule has 0 bridgehead atoms. The van der Waals surface area contributed by atoms with E-state index in [1.165, 1.54) is 0 Å². The van der Waals surface area contributed by atoms with Crippen LogP contribution >= 0.6 is 0 Å². The molecule has 0 aliphatic rings. The van der Waals surface area contributed by atoms with E-state index in [-0.39, 0.29) is 12.1 Å². The van der Waals surface area contributed by atoms with Crippen molar-refractivity contribution < 1.29 is 4.79 Å². The quantitative estimate of drug-likeness (QED) is 0.571. The monoisotopic (exact) mass is 381 g/mol. The number of hydrogen-bond donors (Lipinski definition) is 3. The van der Waals surface area contributed by atoms with Crippen LogP contribution in [0.15, 0.2) is 24.3 Å². The maximum absolute atomic E-state index is 11.7. The Kier molecular flexibility index (Phi) is 5.77. The van der Waals surface area contributed by atoms with E-state index in [0.717, 1.165) is 33.8 Å². The third-order valence-electron chi connectivity index (χ3n) is 4.28. The Morgan fingerprint density at radius 2 is 1.86 bits per heavy atom. The molecule has 0 aliphatic heterocycles. The summed E-state index contributed by atoms with van der Waals surface area (Å²) in [5.74, 6) is 1.39. The number of aromatic nitrogens is 4. The van der Waals surface area contributed by atoms with Gasteiger partial charge in [-0.15, -0.1) is 0 Å². The van der Waals surface area contributed by atoms with Gasteiger partial charge in [0.05, 0.1) is 16.8 Å². The number of fused-ring (bicyclic) bond motifs is 1. The van der Waals surface area contributed by atoms with Gasteiger partial charge in [0.15, 0.2) is 5.65 Å². The normalized spacial score (nSPS) is 11.1. The lowest BCUT2D eigenvalue weighted by Gasteiger charge is -2.12. The minimum atomic E-state index is -0.177. The number of aryl methyl sites for hydroxylation is 3. The van der Waals surface area contributed by atoms with Gasteiger partial charge >= 0.3 is 6.03 Å². The van der Waals surface area contributed by atoms with Crippen molar-refractivity contribution in [2.75, 3.05) is 18.4 Å². The summed E-state index contributed by atoms with van der Waals surface area (Å²) in [5.41, 5.74) is 3.74. The van der Waals surface area contributed by atoms with Gasteiger partial charge in [-0.05, 0) is 46.2 Å². The van der Waals surface area contributed by atoms with Gasteiger partial charge in [0.25, 0.3) is 0 Å². The molecule has 0 atom stereocenters. The number of rotatable bonds is 6. The fourth-order valence-corrected chi connectivity index (χ4v) is 3.06. The summed E-state index contributed by atoms with van der Waals surface area (Å²) in [6.07, 6.45) is 0. The molecule has 3 N–H and O–H groups in total. The lowest BCUT2D eigenvalue weighted by atomic mass is 10.2. The van der Waals surface area contributed by atoms with Crippen LogP contribution in [0.2, 0.25) is 0 Å². The average molecular weight is 381 g/mol. The number of carbonyl (C=O) groups is 1. The molecule has 0 saturated carbocycles. The molecular formula is C20H27N7O. The Morgan fingerprint density at radius 3 is 2.57 bits per heavy atom. The lowest BCUT2D eigenvalue weighted by molar-refractivity contribution is 0.239. The Hall–Kier alpha value is -3.16. The van der Waals surface area contributed by atoms with Crippen LogP contribution in [0.5, 0.6) is 0 Å². The van der Waals surface area contributed by atoms with E-state index in [1.807, 2.05) is 50.6 Å².